The van der Waals surface area contributed by atoms with Crippen molar-refractivity contribution in [3.05, 3.63) is 52.5 Å². The average molecular weight is 421 g/mol. The lowest BCUT2D eigenvalue weighted by molar-refractivity contribution is -0.119. The van der Waals surface area contributed by atoms with E-state index >= 15 is 0 Å². The van der Waals surface area contributed by atoms with E-state index in [4.69, 9.17) is 31.5 Å². The van der Waals surface area contributed by atoms with Gasteiger partial charge in [0.25, 0.3) is 11.8 Å². The Labute approximate surface area is 172 Å². The van der Waals surface area contributed by atoms with Gasteiger partial charge < -0.3 is 25.3 Å². The third kappa shape index (κ3) is 6.11. The Bertz CT molecular complexity index is 899. The zero-order valence-corrected chi connectivity index (χ0v) is 16.7. The van der Waals surface area contributed by atoms with E-state index in [-0.39, 0.29) is 28.7 Å². The minimum atomic E-state index is -0.674. The molecular weight excluding hydrogens is 400 g/mol. The average Bonchev–Trinajstić information content (AvgIpc) is 2.70. The molecule has 0 saturated carbocycles. The van der Waals surface area contributed by atoms with E-state index in [1.165, 1.54) is 19.2 Å². The van der Waals surface area contributed by atoms with Gasteiger partial charge in [0.2, 0.25) is 0 Å². The summed E-state index contributed by atoms with van der Waals surface area (Å²) in [6.45, 7) is 1.87. The number of methoxy groups -OCH3 is 1. The fraction of sp³-hybridized carbons (Fsp3) is 0.250. The molecule has 2 amide bonds. The minimum absolute atomic E-state index is 0.0877. The number of benzene rings is 2. The van der Waals surface area contributed by atoms with Crippen LogP contribution in [0.15, 0.2) is 36.4 Å². The van der Waals surface area contributed by atoms with Crippen LogP contribution in [-0.4, -0.2) is 38.1 Å². The summed E-state index contributed by atoms with van der Waals surface area (Å²) >= 11 is 6.15. The predicted octanol–water partition coefficient (Wildman–Crippen LogP) is 3.03. The number of halogens is 1. The number of carbonyl (C=O) groups is 3. The minimum Gasteiger partial charge on any atom is -0.493 e. The van der Waals surface area contributed by atoms with Gasteiger partial charge in [-0.3, -0.25) is 9.59 Å². The number of primary amides is 1. The van der Waals surface area contributed by atoms with Crippen molar-refractivity contribution >= 4 is 35.1 Å². The van der Waals surface area contributed by atoms with Crippen LogP contribution in [0.4, 0.5) is 5.69 Å². The molecule has 0 spiro atoms. The SMILES string of the molecule is CCCOC(=O)c1ccc(NC(=O)c2cc(Cl)c(OCC(N)=O)c(OC)c2)cc1. The first-order chi connectivity index (χ1) is 13.8. The molecule has 29 heavy (non-hydrogen) atoms. The zero-order valence-electron chi connectivity index (χ0n) is 16.0. The van der Waals surface area contributed by atoms with Crippen molar-refractivity contribution in [2.75, 3.05) is 25.6 Å². The lowest BCUT2D eigenvalue weighted by atomic mass is 10.1. The van der Waals surface area contributed by atoms with Crippen molar-refractivity contribution in [3.63, 3.8) is 0 Å². The normalized spacial score (nSPS) is 10.2. The summed E-state index contributed by atoms with van der Waals surface area (Å²) in [6.07, 6.45) is 0.734. The van der Waals surface area contributed by atoms with Gasteiger partial charge in [-0.15, -0.1) is 0 Å². The highest BCUT2D eigenvalue weighted by Gasteiger charge is 2.17. The number of esters is 1. The maximum absolute atomic E-state index is 12.5. The van der Waals surface area contributed by atoms with E-state index in [1.807, 2.05) is 6.92 Å². The summed E-state index contributed by atoms with van der Waals surface area (Å²) in [7, 11) is 1.38. The smallest absolute Gasteiger partial charge is 0.338 e. The second-order valence-electron chi connectivity index (χ2n) is 5.91. The third-order valence-electron chi connectivity index (χ3n) is 3.67. The Morgan fingerprint density at radius 2 is 1.79 bits per heavy atom. The standard InChI is InChI=1S/C20H21ClN2O6/c1-3-8-28-20(26)12-4-6-14(7-5-12)23-19(25)13-9-15(21)18(16(10-13)27-2)29-11-17(22)24/h4-7,9-10H,3,8,11H2,1-2H3,(H2,22,24)(H,23,25). The Balaban J connectivity index is 2.13. The molecule has 0 atom stereocenters. The molecule has 0 fully saturated rings. The molecule has 9 heteroatoms. The Kier molecular flexibility index (Phi) is 7.85. The lowest BCUT2D eigenvalue weighted by Crippen LogP contribution is -2.20. The summed E-state index contributed by atoms with van der Waals surface area (Å²) < 4.78 is 15.5. The van der Waals surface area contributed by atoms with Crippen LogP contribution in [0.5, 0.6) is 11.5 Å². The molecule has 0 saturated heterocycles. The van der Waals surface area contributed by atoms with Crippen LogP contribution in [0.25, 0.3) is 0 Å². The number of rotatable bonds is 9. The molecule has 0 aromatic heterocycles. The quantitative estimate of drug-likeness (QED) is 0.602. The number of anilines is 1. The Hall–Kier alpha value is -3.26. The van der Waals surface area contributed by atoms with Crippen molar-refractivity contribution in [2.45, 2.75) is 13.3 Å². The molecule has 0 heterocycles. The fourth-order valence-corrected chi connectivity index (χ4v) is 2.57. The summed E-state index contributed by atoms with van der Waals surface area (Å²) in [5, 5.41) is 2.78. The third-order valence-corrected chi connectivity index (χ3v) is 3.95. The molecular formula is C20H21ClN2O6. The van der Waals surface area contributed by atoms with Crippen molar-refractivity contribution in [1.29, 1.82) is 0 Å². The number of nitrogens with two attached hydrogens (primary N) is 1. The van der Waals surface area contributed by atoms with E-state index in [9.17, 15) is 14.4 Å². The van der Waals surface area contributed by atoms with E-state index in [1.54, 1.807) is 24.3 Å². The number of hydrogen-bond donors (Lipinski definition) is 2. The summed E-state index contributed by atoms with van der Waals surface area (Å²) in [6, 6.07) is 9.09. The molecule has 0 aliphatic carbocycles. The summed E-state index contributed by atoms with van der Waals surface area (Å²) in [5.41, 5.74) is 6.14. The molecule has 154 valence electrons. The van der Waals surface area contributed by atoms with Gasteiger partial charge in [0, 0.05) is 11.3 Å². The van der Waals surface area contributed by atoms with Gasteiger partial charge in [-0.05, 0) is 42.8 Å². The molecule has 0 radical (unpaired) electrons. The topological polar surface area (TPSA) is 117 Å². The second kappa shape index (κ2) is 10.3. The zero-order chi connectivity index (χ0) is 21.4. The fourth-order valence-electron chi connectivity index (χ4n) is 2.31. The molecule has 2 aromatic carbocycles. The van der Waals surface area contributed by atoms with E-state index in [2.05, 4.69) is 5.32 Å². The van der Waals surface area contributed by atoms with Gasteiger partial charge in [-0.25, -0.2) is 4.79 Å². The largest absolute Gasteiger partial charge is 0.493 e. The highest BCUT2D eigenvalue weighted by molar-refractivity contribution is 6.32. The molecule has 0 aliphatic rings. The Morgan fingerprint density at radius 1 is 1.10 bits per heavy atom. The molecule has 0 unspecified atom stereocenters. The van der Waals surface area contributed by atoms with Crippen LogP contribution < -0.4 is 20.5 Å². The van der Waals surface area contributed by atoms with Crippen LogP contribution in [0, 0.1) is 0 Å². The van der Waals surface area contributed by atoms with Crippen LogP contribution in [0.3, 0.4) is 0 Å². The maximum Gasteiger partial charge on any atom is 0.338 e. The first kappa shape index (κ1) is 22.0. The number of hydrogen-bond acceptors (Lipinski definition) is 6. The highest BCUT2D eigenvalue weighted by atomic mass is 35.5. The van der Waals surface area contributed by atoms with Crippen LogP contribution >= 0.6 is 11.6 Å². The highest BCUT2D eigenvalue weighted by Crippen LogP contribution is 2.36. The molecule has 3 N–H and O–H groups in total. The van der Waals surface area contributed by atoms with Gasteiger partial charge in [0.1, 0.15) is 0 Å². The van der Waals surface area contributed by atoms with Crippen molar-refractivity contribution in [1.82, 2.24) is 0 Å². The number of amides is 2. The van der Waals surface area contributed by atoms with Gasteiger partial charge in [0.15, 0.2) is 18.1 Å². The van der Waals surface area contributed by atoms with Gasteiger partial charge >= 0.3 is 5.97 Å². The van der Waals surface area contributed by atoms with E-state index < -0.39 is 17.8 Å². The first-order valence-corrected chi connectivity index (χ1v) is 9.10. The second-order valence-corrected chi connectivity index (χ2v) is 6.32. The van der Waals surface area contributed by atoms with E-state index in [0.717, 1.165) is 6.42 Å². The van der Waals surface area contributed by atoms with Gasteiger partial charge in [0.05, 0.1) is 24.3 Å². The molecule has 2 rings (SSSR count). The van der Waals surface area contributed by atoms with Crippen molar-refractivity contribution < 1.29 is 28.6 Å². The summed E-state index contributed by atoms with van der Waals surface area (Å²) in [4.78, 5) is 35.3. The van der Waals surface area contributed by atoms with Crippen LogP contribution in [-0.2, 0) is 9.53 Å². The van der Waals surface area contributed by atoms with Crippen molar-refractivity contribution in [3.8, 4) is 11.5 Å². The first-order valence-electron chi connectivity index (χ1n) is 8.72. The number of ether oxygens (including phenoxy) is 3. The predicted molar refractivity (Wildman–Crippen MR) is 108 cm³/mol. The van der Waals surface area contributed by atoms with Gasteiger partial charge in [-0.1, -0.05) is 18.5 Å². The summed E-state index contributed by atoms with van der Waals surface area (Å²) in [5.74, 6) is -1.26. The monoisotopic (exact) mass is 420 g/mol. The maximum atomic E-state index is 12.5. The van der Waals surface area contributed by atoms with E-state index in [0.29, 0.717) is 17.9 Å². The van der Waals surface area contributed by atoms with Crippen LogP contribution in [0.2, 0.25) is 5.02 Å². The van der Waals surface area contributed by atoms with Gasteiger partial charge in [-0.2, -0.15) is 0 Å². The lowest BCUT2D eigenvalue weighted by Gasteiger charge is -2.13. The number of carbonyl (C=O) groups excluding carboxylic acids is 3. The molecule has 8 nitrogen and oxygen atoms in total. The van der Waals surface area contributed by atoms with Crippen LogP contribution in [0.1, 0.15) is 34.1 Å². The molecule has 0 aliphatic heterocycles. The number of nitrogens with one attached hydrogen (secondary N) is 1. The molecule has 0 bridgehead atoms. The molecule has 2 aromatic rings. The Morgan fingerprint density at radius 3 is 2.38 bits per heavy atom. The van der Waals surface area contributed by atoms with Crippen molar-refractivity contribution in [2.24, 2.45) is 5.73 Å².